The van der Waals surface area contributed by atoms with Crippen LogP contribution in [0.4, 0.5) is 0 Å². The zero-order chi connectivity index (χ0) is 13.8. The summed E-state index contributed by atoms with van der Waals surface area (Å²) in [5, 5.41) is 8.60. The first-order chi connectivity index (χ1) is 8.37. The molecule has 0 atom stereocenters. The summed E-state index contributed by atoms with van der Waals surface area (Å²) < 4.78 is 26.7. The number of rotatable bonds is 6. The van der Waals surface area contributed by atoms with E-state index in [1.165, 1.54) is 10.4 Å². The molecule has 0 bridgehead atoms. The van der Waals surface area contributed by atoms with Crippen LogP contribution in [-0.4, -0.2) is 25.8 Å². The molecule has 0 aliphatic heterocycles. The Hall–Kier alpha value is -0.610. The molecule has 0 aromatic carbocycles. The largest absolute Gasteiger partial charge is 0.252 e. The highest BCUT2D eigenvalue weighted by Gasteiger charge is 2.26. The van der Waals surface area contributed by atoms with Gasteiger partial charge in [-0.25, -0.2) is 8.42 Å². The summed E-state index contributed by atoms with van der Waals surface area (Å²) in [6.07, 6.45) is 0.186. The van der Waals surface area contributed by atoms with E-state index < -0.39 is 10.0 Å². The van der Waals surface area contributed by atoms with E-state index in [0.29, 0.717) is 10.9 Å². The molecule has 0 saturated heterocycles. The van der Waals surface area contributed by atoms with Crippen molar-refractivity contribution in [2.24, 2.45) is 5.92 Å². The van der Waals surface area contributed by atoms with Crippen LogP contribution in [0.25, 0.3) is 0 Å². The van der Waals surface area contributed by atoms with Crippen LogP contribution in [0.3, 0.4) is 0 Å². The van der Waals surface area contributed by atoms with Gasteiger partial charge < -0.3 is 0 Å². The first-order valence-corrected chi connectivity index (χ1v) is 8.14. The SMILES string of the molecule is CC(C)CN(CCC#N)S(=O)(=O)c1ccc(Cl)s1. The summed E-state index contributed by atoms with van der Waals surface area (Å²) in [6, 6.07) is 5.04. The Balaban J connectivity index is 2.99. The zero-order valence-electron chi connectivity index (χ0n) is 10.3. The number of hydrogen-bond donors (Lipinski definition) is 0. The number of nitrogens with zero attached hydrogens (tertiary/aromatic N) is 2. The summed E-state index contributed by atoms with van der Waals surface area (Å²) in [5.74, 6) is 0.203. The van der Waals surface area contributed by atoms with E-state index in [1.54, 1.807) is 6.07 Å². The Labute approximate surface area is 117 Å². The van der Waals surface area contributed by atoms with E-state index in [9.17, 15) is 8.42 Å². The Morgan fingerprint density at radius 3 is 2.61 bits per heavy atom. The fraction of sp³-hybridized carbons (Fsp3) is 0.545. The van der Waals surface area contributed by atoms with Crippen LogP contribution in [0, 0.1) is 17.2 Å². The molecule has 1 aromatic heterocycles. The molecule has 0 saturated carbocycles. The maximum absolute atomic E-state index is 12.4. The second kappa shape index (κ2) is 6.53. The van der Waals surface area contributed by atoms with Crippen molar-refractivity contribution < 1.29 is 8.42 Å². The van der Waals surface area contributed by atoms with Gasteiger partial charge in [-0.2, -0.15) is 9.57 Å². The van der Waals surface area contributed by atoms with E-state index in [2.05, 4.69) is 0 Å². The topological polar surface area (TPSA) is 61.2 Å². The molecular formula is C11H15ClN2O2S2. The van der Waals surface area contributed by atoms with Crippen molar-refractivity contribution in [2.75, 3.05) is 13.1 Å². The molecule has 0 radical (unpaired) electrons. The molecule has 4 nitrogen and oxygen atoms in total. The molecule has 7 heteroatoms. The monoisotopic (exact) mass is 306 g/mol. The van der Waals surface area contributed by atoms with Gasteiger partial charge in [0.15, 0.2) is 0 Å². The highest BCUT2D eigenvalue weighted by Crippen LogP contribution is 2.28. The number of halogens is 1. The molecule has 1 heterocycles. The second-order valence-corrected chi connectivity index (χ2v) is 8.10. The minimum Gasteiger partial charge on any atom is -0.206 e. The molecule has 0 unspecified atom stereocenters. The van der Waals surface area contributed by atoms with Crippen molar-refractivity contribution in [1.82, 2.24) is 4.31 Å². The molecule has 0 aliphatic rings. The van der Waals surface area contributed by atoms with Crippen molar-refractivity contribution >= 4 is 33.0 Å². The first-order valence-electron chi connectivity index (χ1n) is 5.50. The van der Waals surface area contributed by atoms with Crippen molar-refractivity contribution in [3.63, 3.8) is 0 Å². The highest BCUT2D eigenvalue weighted by atomic mass is 35.5. The van der Waals surface area contributed by atoms with Crippen molar-refractivity contribution in [1.29, 1.82) is 5.26 Å². The van der Waals surface area contributed by atoms with E-state index in [1.807, 2.05) is 19.9 Å². The Kier molecular flexibility index (Phi) is 5.60. The van der Waals surface area contributed by atoms with Gasteiger partial charge in [-0.3, -0.25) is 0 Å². The predicted molar refractivity (Wildman–Crippen MR) is 73.2 cm³/mol. The molecule has 0 spiro atoms. The summed E-state index contributed by atoms with van der Waals surface area (Å²) in [7, 11) is -3.53. The van der Waals surface area contributed by atoms with Gasteiger partial charge in [-0.1, -0.05) is 25.4 Å². The molecule has 0 amide bonds. The van der Waals surface area contributed by atoms with Gasteiger partial charge >= 0.3 is 0 Å². The van der Waals surface area contributed by atoms with E-state index >= 15 is 0 Å². The smallest absolute Gasteiger partial charge is 0.206 e. The van der Waals surface area contributed by atoms with E-state index in [4.69, 9.17) is 16.9 Å². The third-order valence-electron chi connectivity index (χ3n) is 2.18. The molecule has 0 fully saturated rings. The van der Waals surface area contributed by atoms with Gasteiger partial charge in [0, 0.05) is 19.5 Å². The lowest BCUT2D eigenvalue weighted by Gasteiger charge is -2.22. The lowest BCUT2D eigenvalue weighted by molar-refractivity contribution is 0.374. The third kappa shape index (κ3) is 3.95. The first kappa shape index (κ1) is 15.4. The standard InChI is InChI=1S/C11H15ClN2O2S2/c1-9(2)8-14(7-3-6-13)18(15,16)11-5-4-10(12)17-11/h4-5,9H,3,7-8H2,1-2H3. The van der Waals surface area contributed by atoms with Crippen LogP contribution in [0.2, 0.25) is 4.34 Å². The van der Waals surface area contributed by atoms with Gasteiger partial charge in [0.25, 0.3) is 10.0 Å². The molecular weight excluding hydrogens is 292 g/mol. The Bertz CT molecular complexity index is 531. The number of nitriles is 1. The highest BCUT2D eigenvalue weighted by molar-refractivity contribution is 7.91. The quantitative estimate of drug-likeness (QED) is 0.811. The molecule has 0 aliphatic carbocycles. The molecule has 18 heavy (non-hydrogen) atoms. The van der Waals surface area contributed by atoms with Gasteiger partial charge in [0.2, 0.25) is 0 Å². The number of thiophene rings is 1. The lowest BCUT2D eigenvalue weighted by Crippen LogP contribution is -2.34. The average Bonchev–Trinajstić information content (AvgIpc) is 2.71. The molecule has 1 aromatic rings. The minimum atomic E-state index is -3.53. The summed E-state index contributed by atoms with van der Waals surface area (Å²) in [6.45, 7) is 4.50. The van der Waals surface area contributed by atoms with Crippen LogP contribution in [-0.2, 0) is 10.0 Å². The minimum absolute atomic E-state index is 0.186. The summed E-state index contributed by atoms with van der Waals surface area (Å²) in [5.41, 5.74) is 0. The average molecular weight is 307 g/mol. The summed E-state index contributed by atoms with van der Waals surface area (Å²) in [4.78, 5) is 0. The maximum Gasteiger partial charge on any atom is 0.252 e. The van der Waals surface area contributed by atoms with Gasteiger partial charge in [-0.15, -0.1) is 11.3 Å². The zero-order valence-corrected chi connectivity index (χ0v) is 12.6. The number of sulfonamides is 1. The van der Waals surface area contributed by atoms with Crippen LogP contribution in [0.15, 0.2) is 16.3 Å². The summed E-state index contributed by atoms with van der Waals surface area (Å²) >= 11 is 6.80. The van der Waals surface area contributed by atoms with Crippen LogP contribution < -0.4 is 0 Å². The third-order valence-corrected chi connectivity index (χ3v) is 5.75. The predicted octanol–water partition coefficient (Wildman–Crippen LogP) is 2.96. The number of hydrogen-bond acceptors (Lipinski definition) is 4. The Morgan fingerprint density at radius 1 is 1.50 bits per heavy atom. The van der Waals surface area contributed by atoms with Crippen molar-refractivity contribution in [3.05, 3.63) is 16.5 Å². The Morgan fingerprint density at radius 2 is 2.17 bits per heavy atom. The maximum atomic E-state index is 12.4. The van der Waals surface area contributed by atoms with Crippen LogP contribution in [0.5, 0.6) is 0 Å². The molecule has 100 valence electrons. The van der Waals surface area contributed by atoms with Crippen LogP contribution >= 0.6 is 22.9 Å². The van der Waals surface area contributed by atoms with E-state index in [0.717, 1.165) is 11.3 Å². The van der Waals surface area contributed by atoms with Crippen molar-refractivity contribution in [2.45, 2.75) is 24.5 Å². The van der Waals surface area contributed by atoms with Gasteiger partial charge in [0.05, 0.1) is 10.4 Å². The second-order valence-electron chi connectivity index (χ2n) is 4.22. The fourth-order valence-corrected chi connectivity index (χ4v) is 4.70. The van der Waals surface area contributed by atoms with Gasteiger partial charge in [-0.05, 0) is 18.1 Å². The lowest BCUT2D eigenvalue weighted by atomic mass is 10.2. The fourth-order valence-electron chi connectivity index (χ4n) is 1.46. The molecule has 0 N–H and O–H groups in total. The normalized spacial score (nSPS) is 12.0. The van der Waals surface area contributed by atoms with Gasteiger partial charge in [0.1, 0.15) is 4.21 Å². The van der Waals surface area contributed by atoms with Crippen LogP contribution in [0.1, 0.15) is 20.3 Å². The molecule has 1 rings (SSSR count). The van der Waals surface area contributed by atoms with E-state index in [-0.39, 0.29) is 23.1 Å². The van der Waals surface area contributed by atoms with Crippen molar-refractivity contribution in [3.8, 4) is 6.07 Å².